The van der Waals surface area contributed by atoms with Crippen LogP contribution in [0, 0.1) is 0 Å². The highest BCUT2D eigenvalue weighted by atomic mass is 16.5. The van der Waals surface area contributed by atoms with Crippen LogP contribution in [0.2, 0.25) is 0 Å². The topological polar surface area (TPSA) is 43.1 Å². The van der Waals surface area contributed by atoms with Crippen LogP contribution in [-0.4, -0.2) is 10.9 Å². The van der Waals surface area contributed by atoms with E-state index in [-0.39, 0.29) is 12.2 Å². The minimum Gasteiger partial charge on any atom is -0.356 e. The van der Waals surface area contributed by atoms with Gasteiger partial charge in [0.1, 0.15) is 0 Å². The summed E-state index contributed by atoms with van der Waals surface area (Å²) >= 11 is 0. The molecule has 3 nitrogen and oxygen atoms in total. The molecule has 0 N–H and O–H groups in total. The molecule has 1 aromatic heterocycles. The van der Waals surface area contributed by atoms with E-state index in [4.69, 9.17) is 4.52 Å². The van der Waals surface area contributed by atoms with Gasteiger partial charge in [0.2, 0.25) is 0 Å². The lowest BCUT2D eigenvalue weighted by Crippen LogP contribution is -2.03. The number of ketones is 1. The Morgan fingerprint density at radius 1 is 0.950 bits per heavy atom. The van der Waals surface area contributed by atoms with Crippen molar-refractivity contribution in [2.75, 3.05) is 0 Å². The van der Waals surface area contributed by atoms with Gasteiger partial charge in [0.15, 0.2) is 11.5 Å². The lowest BCUT2D eigenvalue weighted by atomic mass is 10.1. The molecule has 0 amide bonds. The molecule has 0 aliphatic carbocycles. The first-order chi connectivity index (χ1) is 9.83. The minimum absolute atomic E-state index is 0.0403. The normalized spacial score (nSPS) is 10.4. The number of hydrogen-bond donors (Lipinski definition) is 0. The monoisotopic (exact) mass is 263 g/mol. The summed E-state index contributed by atoms with van der Waals surface area (Å²) in [7, 11) is 0. The van der Waals surface area contributed by atoms with Crippen LogP contribution in [0.25, 0.3) is 11.3 Å². The molecule has 2 aromatic carbocycles. The van der Waals surface area contributed by atoms with Crippen LogP contribution in [0.5, 0.6) is 0 Å². The molecule has 0 saturated carbocycles. The van der Waals surface area contributed by atoms with Crippen LogP contribution < -0.4 is 0 Å². The number of benzene rings is 2. The molecule has 0 bridgehead atoms. The maximum absolute atomic E-state index is 12.1. The zero-order chi connectivity index (χ0) is 13.8. The molecule has 20 heavy (non-hydrogen) atoms. The van der Waals surface area contributed by atoms with Gasteiger partial charge >= 0.3 is 0 Å². The summed E-state index contributed by atoms with van der Waals surface area (Å²) in [5, 5.41) is 3.96. The van der Waals surface area contributed by atoms with Gasteiger partial charge in [0.25, 0.3) is 0 Å². The largest absolute Gasteiger partial charge is 0.356 e. The molecule has 0 radical (unpaired) electrons. The van der Waals surface area contributed by atoms with Crippen molar-refractivity contribution in [1.29, 1.82) is 0 Å². The molecule has 3 aromatic rings. The summed E-state index contributed by atoms with van der Waals surface area (Å²) in [5.41, 5.74) is 2.30. The van der Waals surface area contributed by atoms with E-state index in [9.17, 15) is 4.79 Å². The van der Waals surface area contributed by atoms with Gasteiger partial charge in [0, 0.05) is 17.2 Å². The first kappa shape index (κ1) is 12.4. The molecule has 98 valence electrons. The minimum atomic E-state index is 0.0403. The van der Waals surface area contributed by atoms with Crippen LogP contribution in [-0.2, 0) is 6.42 Å². The van der Waals surface area contributed by atoms with Crippen LogP contribution >= 0.6 is 0 Å². The molecule has 0 aliphatic heterocycles. The maximum Gasteiger partial charge on any atom is 0.168 e. The van der Waals surface area contributed by atoms with E-state index in [1.807, 2.05) is 54.6 Å². The highest BCUT2D eigenvalue weighted by Crippen LogP contribution is 2.20. The first-order valence-electron chi connectivity index (χ1n) is 6.42. The van der Waals surface area contributed by atoms with Crippen molar-refractivity contribution in [3.8, 4) is 11.3 Å². The fourth-order valence-electron chi connectivity index (χ4n) is 2.02. The Morgan fingerprint density at radius 2 is 1.60 bits per heavy atom. The summed E-state index contributed by atoms with van der Waals surface area (Å²) in [5.74, 6) is 0.722. The van der Waals surface area contributed by atoms with Crippen molar-refractivity contribution in [1.82, 2.24) is 5.16 Å². The number of carbonyl (C=O) groups is 1. The first-order valence-corrected chi connectivity index (χ1v) is 6.42. The second kappa shape index (κ2) is 5.53. The van der Waals surface area contributed by atoms with Crippen molar-refractivity contribution in [3.63, 3.8) is 0 Å². The highest BCUT2D eigenvalue weighted by molar-refractivity contribution is 5.97. The van der Waals surface area contributed by atoms with Crippen LogP contribution in [0.4, 0.5) is 0 Å². The summed E-state index contributed by atoms with van der Waals surface area (Å²) < 4.78 is 5.29. The van der Waals surface area contributed by atoms with Gasteiger partial charge in [0.05, 0.1) is 12.1 Å². The van der Waals surface area contributed by atoms with Crippen molar-refractivity contribution >= 4 is 5.78 Å². The van der Waals surface area contributed by atoms with Gasteiger partial charge in [-0.2, -0.15) is 0 Å². The Morgan fingerprint density at radius 3 is 2.30 bits per heavy atom. The standard InChI is InChI=1S/C17H13NO2/c19-16(13-7-3-1-4-8-13)11-15-12-17(20-18-15)14-9-5-2-6-10-14/h1-10,12H,11H2. The van der Waals surface area contributed by atoms with Gasteiger partial charge in [-0.3, -0.25) is 4.79 Å². The fourth-order valence-corrected chi connectivity index (χ4v) is 2.02. The van der Waals surface area contributed by atoms with Gasteiger partial charge in [-0.1, -0.05) is 65.8 Å². The zero-order valence-electron chi connectivity index (χ0n) is 10.8. The molecule has 0 unspecified atom stereocenters. The summed E-state index contributed by atoms with van der Waals surface area (Å²) in [4.78, 5) is 12.1. The Balaban J connectivity index is 1.77. The second-order valence-electron chi connectivity index (χ2n) is 4.51. The molecular formula is C17H13NO2. The number of rotatable bonds is 4. The van der Waals surface area contributed by atoms with Gasteiger partial charge in [-0.15, -0.1) is 0 Å². The number of Topliss-reactive ketones (excluding diaryl/α,β-unsaturated/α-hetero) is 1. The lowest BCUT2D eigenvalue weighted by molar-refractivity contribution is 0.0991. The molecule has 3 heteroatoms. The van der Waals surface area contributed by atoms with Gasteiger partial charge in [-0.05, 0) is 0 Å². The lowest BCUT2D eigenvalue weighted by Gasteiger charge is -1.96. The number of aromatic nitrogens is 1. The van der Waals surface area contributed by atoms with E-state index < -0.39 is 0 Å². The maximum atomic E-state index is 12.1. The van der Waals surface area contributed by atoms with Crippen molar-refractivity contribution < 1.29 is 9.32 Å². The van der Waals surface area contributed by atoms with Crippen LogP contribution in [0.15, 0.2) is 71.3 Å². The Hall–Kier alpha value is -2.68. The average Bonchev–Trinajstić information content (AvgIpc) is 2.97. The van der Waals surface area contributed by atoms with Gasteiger partial charge in [-0.25, -0.2) is 0 Å². The Labute approximate surface area is 116 Å². The molecule has 3 rings (SSSR count). The molecule has 0 spiro atoms. The predicted molar refractivity (Wildman–Crippen MR) is 76.4 cm³/mol. The Kier molecular flexibility index (Phi) is 3.42. The van der Waals surface area contributed by atoms with Crippen molar-refractivity contribution in [2.45, 2.75) is 6.42 Å². The summed E-state index contributed by atoms with van der Waals surface area (Å²) in [6.45, 7) is 0. The molecule has 0 atom stereocenters. The second-order valence-corrected chi connectivity index (χ2v) is 4.51. The van der Waals surface area contributed by atoms with E-state index in [1.165, 1.54) is 0 Å². The third-order valence-electron chi connectivity index (χ3n) is 3.05. The van der Waals surface area contributed by atoms with Crippen molar-refractivity contribution in [2.24, 2.45) is 0 Å². The SMILES string of the molecule is O=C(Cc1cc(-c2ccccc2)on1)c1ccccc1. The quantitative estimate of drug-likeness (QED) is 0.673. The van der Waals surface area contributed by atoms with Gasteiger partial charge < -0.3 is 4.52 Å². The highest BCUT2D eigenvalue weighted by Gasteiger charge is 2.11. The number of carbonyl (C=O) groups excluding carboxylic acids is 1. The van der Waals surface area contributed by atoms with Crippen LogP contribution in [0.1, 0.15) is 16.1 Å². The molecule has 0 fully saturated rings. The van der Waals surface area contributed by atoms with E-state index in [0.717, 1.165) is 5.56 Å². The fraction of sp³-hybridized carbons (Fsp3) is 0.0588. The third-order valence-corrected chi connectivity index (χ3v) is 3.05. The zero-order valence-corrected chi connectivity index (χ0v) is 10.8. The van der Waals surface area contributed by atoms with E-state index in [2.05, 4.69) is 5.16 Å². The van der Waals surface area contributed by atoms with E-state index in [1.54, 1.807) is 12.1 Å². The number of hydrogen-bond acceptors (Lipinski definition) is 3. The van der Waals surface area contributed by atoms with E-state index >= 15 is 0 Å². The molecule has 0 aliphatic rings. The Bertz CT molecular complexity index is 702. The van der Waals surface area contributed by atoms with Crippen LogP contribution in [0.3, 0.4) is 0 Å². The van der Waals surface area contributed by atoms with E-state index in [0.29, 0.717) is 17.0 Å². The summed E-state index contributed by atoms with van der Waals surface area (Å²) in [6.07, 6.45) is 0.250. The molecular weight excluding hydrogens is 250 g/mol. The number of nitrogens with zero attached hydrogens (tertiary/aromatic N) is 1. The smallest absolute Gasteiger partial charge is 0.168 e. The summed E-state index contributed by atoms with van der Waals surface area (Å²) in [6, 6.07) is 20.7. The average molecular weight is 263 g/mol. The van der Waals surface area contributed by atoms with Crippen molar-refractivity contribution in [3.05, 3.63) is 78.0 Å². The third kappa shape index (κ3) is 2.67. The predicted octanol–water partition coefficient (Wildman–Crippen LogP) is 3.77. The molecule has 0 saturated heterocycles. The molecule has 1 heterocycles.